The molecule has 4 aromatic rings. The number of nitrogens with zero attached hydrogens (tertiary/aromatic N) is 1. The van der Waals surface area contributed by atoms with Gasteiger partial charge >= 0.3 is 202 Å². The Labute approximate surface area is 233 Å². The molecule has 0 aliphatic carbocycles. The minimum atomic E-state index is -0.581. The van der Waals surface area contributed by atoms with Crippen molar-refractivity contribution in [2.24, 2.45) is 5.92 Å². The number of ketones is 1. The van der Waals surface area contributed by atoms with E-state index >= 15 is 0 Å². The summed E-state index contributed by atoms with van der Waals surface area (Å²) in [5, 5.41) is 1.65. The van der Waals surface area contributed by atoms with Gasteiger partial charge in [0.25, 0.3) is 0 Å². The number of ether oxygens (including phenoxy) is 3. The summed E-state index contributed by atoms with van der Waals surface area (Å²) in [6.45, 7) is 7.56. The maximum atomic E-state index is 13.1. The fraction of sp³-hybridized carbons (Fsp3) is 0.367. The molecular formula is C30H33NO7Se. The van der Waals surface area contributed by atoms with Gasteiger partial charge in [0.1, 0.15) is 0 Å². The molecule has 0 unspecified atom stereocenters. The number of carbonyl (C=O) groups is 2. The van der Waals surface area contributed by atoms with E-state index in [2.05, 4.69) is 18.7 Å². The Balaban J connectivity index is 1.48. The van der Waals surface area contributed by atoms with Crippen molar-refractivity contribution in [3.8, 4) is 11.5 Å². The van der Waals surface area contributed by atoms with Crippen molar-refractivity contribution in [3.63, 3.8) is 0 Å². The first kappa shape index (κ1) is 28.5. The molecule has 9 heteroatoms. The minimum absolute atomic E-state index is 0.0656. The van der Waals surface area contributed by atoms with Crippen molar-refractivity contribution in [1.29, 1.82) is 0 Å². The van der Waals surface area contributed by atoms with E-state index in [1.807, 2.05) is 43.3 Å². The fourth-order valence-corrected chi connectivity index (χ4v) is 6.76. The maximum absolute atomic E-state index is 13.1. The number of methoxy groups -OCH3 is 2. The average molecular weight is 599 g/mol. The van der Waals surface area contributed by atoms with Crippen LogP contribution < -0.4 is 20.0 Å². The first-order chi connectivity index (χ1) is 18.8. The van der Waals surface area contributed by atoms with E-state index in [1.54, 1.807) is 14.2 Å². The second kappa shape index (κ2) is 12.5. The fourth-order valence-electron chi connectivity index (χ4n) is 4.61. The molecule has 2 heterocycles. The van der Waals surface area contributed by atoms with Gasteiger partial charge in [-0.25, -0.2) is 0 Å². The summed E-state index contributed by atoms with van der Waals surface area (Å²) >= 11 is -0.185. The molecule has 1 atom stereocenters. The molecule has 0 aliphatic rings. The topological polar surface area (TPSA) is 95.3 Å². The number of carbonyl (C=O) groups excluding carboxylic acids is 2. The Morgan fingerprint density at radius 3 is 2.36 bits per heavy atom. The van der Waals surface area contributed by atoms with Gasteiger partial charge in [0.2, 0.25) is 0 Å². The van der Waals surface area contributed by atoms with Crippen LogP contribution in [0.5, 0.6) is 11.5 Å². The Morgan fingerprint density at radius 1 is 0.974 bits per heavy atom. The normalized spacial score (nSPS) is 11.9. The Kier molecular flexibility index (Phi) is 9.15. The third kappa shape index (κ3) is 6.21. The molecule has 0 bridgehead atoms. The van der Waals surface area contributed by atoms with Gasteiger partial charge < -0.3 is 4.90 Å². The van der Waals surface area contributed by atoms with Gasteiger partial charge in [-0.3, -0.25) is 0 Å². The van der Waals surface area contributed by atoms with Crippen molar-refractivity contribution in [3.05, 3.63) is 62.9 Å². The summed E-state index contributed by atoms with van der Waals surface area (Å²) in [5.74, 6) is 0.130. The third-order valence-corrected chi connectivity index (χ3v) is 9.26. The number of anilines is 1. The van der Waals surface area contributed by atoms with Crippen LogP contribution in [0, 0.1) is 5.92 Å². The van der Waals surface area contributed by atoms with Crippen molar-refractivity contribution in [2.75, 3.05) is 32.2 Å². The Morgan fingerprint density at radius 2 is 1.69 bits per heavy atom. The number of benzene rings is 2. The van der Waals surface area contributed by atoms with Gasteiger partial charge in [-0.1, -0.05) is 0 Å². The van der Waals surface area contributed by atoms with Crippen LogP contribution >= 0.6 is 0 Å². The predicted molar refractivity (Wildman–Crippen MR) is 153 cm³/mol. The average Bonchev–Trinajstić information content (AvgIpc) is 3.37. The molecule has 0 amide bonds. The van der Waals surface area contributed by atoms with Crippen LogP contribution in [0.4, 0.5) is 5.69 Å². The van der Waals surface area contributed by atoms with Gasteiger partial charge in [-0.05, 0) is 13.8 Å². The number of hydrogen-bond donors (Lipinski definition) is 0. The molecule has 2 aromatic heterocycles. The van der Waals surface area contributed by atoms with Gasteiger partial charge in [0.05, 0.1) is 0 Å². The van der Waals surface area contributed by atoms with Crippen molar-refractivity contribution < 1.29 is 28.2 Å². The molecule has 0 N–H and O–H groups in total. The van der Waals surface area contributed by atoms with E-state index in [1.165, 1.54) is 6.07 Å². The number of fused-ring (bicyclic) bond motifs is 2. The first-order valence-corrected chi connectivity index (χ1v) is 14.7. The zero-order valence-electron chi connectivity index (χ0n) is 22.9. The van der Waals surface area contributed by atoms with Gasteiger partial charge in [0, 0.05) is 13.1 Å². The molecule has 8 nitrogen and oxygen atoms in total. The van der Waals surface area contributed by atoms with Crippen LogP contribution in [-0.4, -0.2) is 53.6 Å². The molecular weight excluding hydrogens is 565 g/mol. The van der Waals surface area contributed by atoms with E-state index in [-0.39, 0.29) is 33.3 Å². The van der Waals surface area contributed by atoms with Crippen molar-refractivity contribution >= 4 is 52.6 Å². The molecule has 206 valence electrons. The molecule has 0 saturated heterocycles. The van der Waals surface area contributed by atoms with Crippen LogP contribution in [0.15, 0.2) is 51.7 Å². The molecule has 0 fully saturated rings. The molecule has 0 radical (unpaired) electrons. The summed E-state index contributed by atoms with van der Waals surface area (Å²) in [4.78, 5) is 40.5. The predicted octanol–water partition coefficient (Wildman–Crippen LogP) is 5.21. The quantitative estimate of drug-likeness (QED) is 0.0950. The number of Topliss-reactive ketones (excluding diaryl/α,β-unsaturated/α-hetero) is 1. The SMILES string of the molecule is CC[C@H](CC(=O)c1cc2cc(OC)c(OC)cc2[se]1)C(=O)OCc1cc(=O)oc2cc(N(CC)CC)ccc12. The van der Waals surface area contributed by atoms with Gasteiger partial charge in [-0.15, -0.1) is 0 Å². The molecule has 4 rings (SSSR count). The second-order valence-corrected chi connectivity index (χ2v) is 11.4. The summed E-state index contributed by atoms with van der Waals surface area (Å²) in [5.41, 5.74) is 1.47. The van der Waals surface area contributed by atoms with Crippen molar-refractivity contribution in [1.82, 2.24) is 0 Å². The monoisotopic (exact) mass is 599 g/mol. The molecule has 0 saturated carbocycles. The standard InChI is InChI=1S/C30H33NO7Se/c1-6-18(11-23(32)28-13-19-12-25(35-4)26(36-5)16-27(19)39-28)30(34)37-17-20-14-29(33)38-24-15-21(9-10-22(20)24)31(7-2)8-3/h9-10,12-16,18H,6-8,11,17H2,1-5H3/t18-/m1/s1. The van der Waals surface area contributed by atoms with Crippen LogP contribution in [0.2, 0.25) is 0 Å². The first-order valence-electron chi connectivity index (χ1n) is 13.0. The van der Waals surface area contributed by atoms with Crippen LogP contribution in [-0.2, 0) is 16.1 Å². The van der Waals surface area contributed by atoms with Crippen LogP contribution in [0.3, 0.4) is 0 Å². The Hall–Kier alpha value is -3.55. The summed E-state index contributed by atoms with van der Waals surface area (Å²) in [6.07, 6.45) is 0.528. The van der Waals surface area contributed by atoms with E-state index in [9.17, 15) is 14.4 Å². The number of hydrogen-bond acceptors (Lipinski definition) is 8. The summed E-state index contributed by atoms with van der Waals surface area (Å²) in [6, 6.07) is 12.7. The van der Waals surface area contributed by atoms with E-state index < -0.39 is 17.5 Å². The molecule has 2 aromatic carbocycles. The Bertz CT molecular complexity index is 1510. The molecule has 0 aliphatic heterocycles. The molecule has 39 heavy (non-hydrogen) atoms. The van der Waals surface area contributed by atoms with Gasteiger partial charge in [-0.2, -0.15) is 0 Å². The van der Waals surface area contributed by atoms with Crippen molar-refractivity contribution in [2.45, 2.75) is 40.2 Å². The second-order valence-electron chi connectivity index (χ2n) is 9.14. The van der Waals surface area contributed by atoms with Crippen LogP contribution in [0.25, 0.3) is 20.6 Å². The van der Waals surface area contributed by atoms with E-state index in [0.717, 1.165) is 28.4 Å². The zero-order chi connectivity index (χ0) is 28.1. The summed E-state index contributed by atoms with van der Waals surface area (Å²) < 4.78 is 23.6. The van der Waals surface area contributed by atoms with E-state index in [4.69, 9.17) is 18.6 Å². The number of esters is 1. The van der Waals surface area contributed by atoms with Gasteiger partial charge in [0.15, 0.2) is 0 Å². The van der Waals surface area contributed by atoms with Crippen LogP contribution in [0.1, 0.15) is 48.4 Å². The summed E-state index contributed by atoms with van der Waals surface area (Å²) in [7, 11) is 3.16. The zero-order valence-corrected chi connectivity index (χ0v) is 24.6. The number of rotatable bonds is 12. The molecule has 0 spiro atoms. The third-order valence-electron chi connectivity index (χ3n) is 6.87. The van der Waals surface area contributed by atoms with E-state index in [0.29, 0.717) is 38.9 Å².